The lowest BCUT2D eigenvalue weighted by atomic mass is 10.5. The molecule has 0 unspecified atom stereocenters. The van der Waals surface area contributed by atoms with E-state index >= 15 is 0 Å². The van der Waals surface area contributed by atoms with Gasteiger partial charge in [0.05, 0.1) is 0 Å². The minimum Gasteiger partial charge on any atom is -0.414 e. The molecule has 0 amide bonds. The van der Waals surface area contributed by atoms with Gasteiger partial charge in [0.2, 0.25) is 0 Å². The molecule has 0 aliphatic rings. The van der Waals surface area contributed by atoms with Crippen molar-refractivity contribution in [2.24, 2.45) is 5.11 Å². The van der Waals surface area contributed by atoms with Crippen LogP contribution in [-0.4, -0.2) is 34.0 Å². The Kier molecular flexibility index (Phi) is 5.96. The van der Waals surface area contributed by atoms with Gasteiger partial charge < -0.3 is 13.7 Å². The van der Waals surface area contributed by atoms with Crippen molar-refractivity contribution in [1.29, 1.82) is 0 Å². The quantitative estimate of drug-likeness (QED) is 0.228. The molecule has 1 radical (unpaired) electrons. The normalized spacial score (nSPS) is 11.5. The van der Waals surface area contributed by atoms with Gasteiger partial charge in [-0.1, -0.05) is 5.11 Å². The zero-order valence-electron chi connectivity index (χ0n) is 7.77. The Bertz CT molecular complexity index is 193. The van der Waals surface area contributed by atoms with Crippen molar-refractivity contribution in [3.8, 4) is 0 Å². The summed E-state index contributed by atoms with van der Waals surface area (Å²) in [6.45, 7) is 4.25. The van der Waals surface area contributed by atoms with Crippen molar-refractivity contribution in [3.05, 3.63) is 10.4 Å². The van der Waals surface area contributed by atoms with Crippen molar-refractivity contribution >= 4 is 17.8 Å². The Morgan fingerprint density at radius 1 is 1.54 bits per heavy atom. The molecule has 0 rings (SSSR count). The van der Waals surface area contributed by atoms with E-state index in [1.165, 1.54) is 0 Å². The molecule has 0 heterocycles. The number of hydrogen-bond donors (Lipinski definition) is 2. The minimum atomic E-state index is -2.58. The van der Waals surface area contributed by atoms with E-state index in [4.69, 9.17) is 19.2 Å². The van der Waals surface area contributed by atoms with E-state index in [0.29, 0.717) is 6.54 Å². The molecule has 0 aromatic rings. The first-order valence-corrected chi connectivity index (χ1v) is 8.34. The van der Waals surface area contributed by atoms with E-state index in [2.05, 4.69) is 10.0 Å². The average Bonchev–Trinajstić information content (AvgIpc) is 1.95. The number of rotatable bonds is 6. The van der Waals surface area contributed by atoms with Crippen molar-refractivity contribution < 1.29 is 13.7 Å². The molecule has 0 atom stereocenters. The van der Waals surface area contributed by atoms with Gasteiger partial charge in [-0.2, -0.15) is 0 Å². The Hall–Kier alpha value is -0.376. The lowest BCUT2D eigenvalue weighted by Crippen LogP contribution is -2.38. The summed E-state index contributed by atoms with van der Waals surface area (Å²) < 4.78 is 5.03. The van der Waals surface area contributed by atoms with Gasteiger partial charge in [-0.25, -0.2) is 0 Å². The largest absolute Gasteiger partial charge is 0.560 e. The highest BCUT2D eigenvalue weighted by Crippen LogP contribution is 2.13. The number of hydrogen-bond acceptors (Lipinski definition) is 4. The first kappa shape index (κ1) is 12.6. The first-order chi connectivity index (χ1) is 5.98. The lowest BCUT2D eigenvalue weighted by Gasteiger charge is -2.21. The SMILES string of the molecule is C[Si](C)(CCCN=[N+]=[N-])O[Si](O)O. The van der Waals surface area contributed by atoms with Gasteiger partial charge in [-0.3, -0.25) is 0 Å². The predicted octanol–water partition coefficient (Wildman–Crippen LogP) is 0.878. The Morgan fingerprint density at radius 3 is 2.62 bits per heavy atom. The van der Waals surface area contributed by atoms with Gasteiger partial charge in [0.25, 0.3) is 0 Å². The molecule has 0 saturated carbocycles. The van der Waals surface area contributed by atoms with Gasteiger partial charge >= 0.3 is 9.53 Å². The lowest BCUT2D eigenvalue weighted by molar-refractivity contribution is 0.283. The summed E-state index contributed by atoms with van der Waals surface area (Å²) in [6.07, 6.45) is 0.735. The second-order valence-corrected chi connectivity index (χ2v) is 8.60. The molecule has 0 aromatic carbocycles. The maximum atomic E-state index is 8.68. The number of nitrogens with zero attached hydrogens (tertiary/aromatic N) is 3. The Labute approximate surface area is 79.9 Å². The van der Waals surface area contributed by atoms with Crippen LogP contribution in [0.25, 0.3) is 10.4 Å². The van der Waals surface area contributed by atoms with Crippen LogP contribution in [0, 0.1) is 0 Å². The average molecular weight is 220 g/mol. The third kappa shape index (κ3) is 7.97. The summed E-state index contributed by atoms with van der Waals surface area (Å²) in [5.41, 5.74) is 8.00. The van der Waals surface area contributed by atoms with Crippen LogP contribution in [-0.2, 0) is 4.12 Å². The number of azide groups is 1. The topological polar surface area (TPSA) is 98.5 Å². The first-order valence-electron chi connectivity index (χ1n) is 3.93. The molecule has 0 spiro atoms. The fourth-order valence-corrected chi connectivity index (χ4v) is 4.31. The van der Waals surface area contributed by atoms with Gasteiger partial charge in [0.15, 0.2) is 8.32 Å². The molecule has 75 valence electrons. The van der Waals surface area contributed by atoms with Crippen molar-refractivity contribution in [1.82, 2.24) is 0 Å². The van der Waals surface area contributed by atoms with Crippen molar-refractivity contribution in [2.45, 2.75) is 25.6 Å². The van der Waals surface area contributed by atoms with Crippen LogP contribution in [0.1, 0.15) is 6.42 Å². The highest BCUT2D eigenvalue weighted by molar-refractivity contribution is 6.75. The summed E-state index contributed by atoms with van der Waals surface area (Å²) in [5.74, 6) is 0. The molecular weight excluding hydrogens is 206 g/mol. The maximum absolute atomic E-state index is 8.68. The second-order valence-electron chi connectivity index (χ2n) is 3.20. The van der Waals surface area contributed by atoms with E-state index in [-0.39, 0.29) is 0 Å². The van der Waals surface area contributed by atoms with Crippen LogP contribution in [0.2, 0.25) is 19.1 Å². The molecule has 0 aliphatic carbocycles. The summed E-state index contributed by atoms with van der Waals surface area (Å²) in [7, 11) is -4.53. The van der Waals surface area contributed by atoms with Crippen molar-refractivity contribution in [3.63, 3.8) is 0 Å². The van der Waals surface area contributed by atoms with Crippen LogP contribution < -0.4 is 0 Å². The molecular formula is C5H14N3O3Si2. The zero-order valence-corrected chi connectivity index (χ0v) is 9.77. The van der Waals surface area contributed by atoms with Crippen molar-refractivity contribution in [2.75, 3.05) is 6.54 Å². The summed E-state index contributed by atoms with van der Waals surface area (Å²) >= 11 is 0. The van der Waals surface area contributed by atoms with E-state index in [0.717, 1.165) is 12.5 Å². The van der Waals surface area contributed by atoms with Crippen LogP contribution in [0.3, 0.4) is 0 Å². The minimum absolute atomic E-state index is 0.440. The molecule has 0 saturated heterocycles. The van der Waals surface area contributed by atoms with E-state index in [1.807, 2.05) is 13.1 Å². The van der Waals surface area contributed by atoms with Gasteiger partial charge in [0.1, 0.15) is 0 Å². The monoisotopic (exact) mass is 220 g/mol. The second kappa shape index (κ2) is 6.13. The highest BCUT2D eigenvalue weighted by Gasteiger charge is 2.26. The molecule has 0 aromatic heterocycles. The van der Waals surface area contributed by atoms with Crippen LogP contribution in [0.5, 0.6) is 0 Å². The van der Waals surface area contributed by atoms with Gasteiger partial charge in [0, 0.05) is 11.5 Å². The van der Waals surface area contributed by atoms with Gasteiger partial charge in [-0.15, -0.1) is 0 Å². The van der Waals surface area contributed by atoms with Crippen LogP contribution in [0.15, 0.2) is 5.11 Å². The van der Waals surface area contributed by atoms with E-state index in [1.54, 1.807) is 0 Å². The maximum Gasteiger partial charge on any atom is 0.560 e. The molecule has 0 bridgehead atoms. The third-order valence-corrected chi connectivity index (χ3v) is 5.97. The molecule has 0 aliphatic heterocycles. The van der Waals surface area contributed by atoms with Gasteiger partial charge in [-0.05, 0) is 31.1 Å². The van der Waals surface area contributed by atoms with Crippen LogP contribution in [0.4, 0.5) is 0 Å². The summed E-state index contributed by atoms with van der Waals surface area (Å²) in [6, 6.07) is 0.765. The fraction of sp³-hybridized carbons (Fsp3) is 1.00. The summed E-state index contributed by atoms with van der Waals surface area (Å²) in [5, 5.41) is 3.38. The van der Waals surface area contributed by atoms with E-state index < -0.39 is 17.8 Å². The molecule has 8 heteroatoms. The fourth-order valence-electron chi connectivity index (χ4n) is 0.918. The zero-order chi connectivity index (χ0) is 10.3. The predicted molar refractivity (Wildman–Crippen MR) is 52.2 cm³/mol. The Balaban J connectivity index is 3.68. The molecule has 0 fully saturated rings. The smallest absolute Gasteiger partial charge is 0.414 e. The third-order valence-electron chi connectivity index (χ3n) is 1.47. The highest BCUT2D eigenvalue weighted by atomic mass is 28.4. The standard InChI is InChI=1S/C5H14N3O3Si2/c1-13(2,11-12(9)10)5-3-4-7-8-6/h9-10H,3-5H2,1-2H3. The summed E-state index contributed by atoms with van der Waals surface area (Å²) in [4.78, 5) is 20.0. The molecule has 13 heavy (non-hydrogen) atoms. The van der Waals surface area contributed by atoms with E-state index in [9.17, 15) is 0 Å². The molecule has 2 N–H and O–H groups in total. The molecule has 6 nitrogen and oxygen atoms in total. The Morgan fingerprint density at radius 2 is 2.15 bits per heavy atom. The van der Waals surface area contributed by atoms with Crippen LogP contribution >= 0.6 is 0 Å².